The first-order valence-corrected chi connectivity index (χ1v) is 8.68. The molecule has 0 amide bonds. The van der Waals surface area contributed by atoms with Gasteiger partial charge in [0.1, 0.15) is 0 Å². The summed E-state index contributed by atoms with van der Waals surface area (Å²) < 4.78 is 0. The van der Waals surface area contributed by atoms with Crippen LogP contribution < -0.4 is 5.73 Å². The van der Waals surface area contributed by atoms with Crippen molar-refractivity contribution >= 4 is 0 Å². The van der Waals surface area contributed by atoms with Gasteiger partial charge in [0.15, 0.2) is 0 Å². The zero-order valence-corrected chi connectivity index (χ0v) is 14.2. The monoisotopic (exact) mass is 323 g/mol. The van der Waals surface area contributed by atoms with Gasteiger partial charge in [0.05, 0.1) is 0 Å². The third-order valence-corrected chi connectivity index (χ3v) is 4.74. The maximum absolute atomic E-state index is 6.04. The van der Waals surface area contributed by atoms with Crippen molar-refractivity contribution in [2.75, 3.05) is 0 Å². The molecule has 0 atom stereocenters. The molecule has 0 aromatic heterocycles. The van der Waals surface area contributed by atoms with Crippen LogP contribution in [0, 0.1) is 0 Å². The zero-order valence-electron chi connectivity index (χ0n) is 14.2. The molecule has 1 aliphatic rings. The predicted molar refractivity (Wildman–Crippen MR) is 106 cm³/mol. The Hall–Kier alpha value is -3.06. The highest BCUT2D eigenvalue weighted by molar-refractivity contribution is 5.70. The Bertz CT molecular complexity index is 931. The molecular weight excluding hydrogens is 302 g/mol. The van der Waals surface area contributed by atoms with E-state index in [0.717, 1.165) is 18.5 Å². The van der Waals surface area contributed by atoms with Gasteiger partial charge >= 0.3 is 0 Å². The summed E-state index contributed by atoms with van der Waals surface area (Å²) >= 11 is 0. The van der Waals surface area contributed by atoms with E-state index in [4.69, 9.17) is 5.73 Å². The molecule has 0 bridgehead atoms. The largest absolute Gasteiger partial charge is 0.399 e. The van der Waals surface area contributed by atoms with Gasteiger partial charge in [-0.25, -0.2) is 0 Å². The quantitative estimate of drug-likeness (QED) is 0.651. The van der Waals surface area contributed by atoms with Gasteiger partial charge in [-0.15, -0.1) is 0 Å². The first kappa shape index (κ1) is 15.5. The molecule has 3 aromatic rings. The van der Waals surface area contributed by atoms with Crippen molar-refractivity contribution in [1.82, 2.24) is 0 Å². The third kappa shape index (κ3) is 3.41. The van der Waals surface area contributed by atoms with Gasteiger partial charge in [0, 0.05) is 5.70 Å². The molecule has 0 saturated heterocycles. The van der Waals surface area contributed by atoms with E-state index < -0.39 is 0 Å². The summed E-state index contributed by atoms with van der Waals surface area (Å²) in [5.41, 5.74) is 14.6. The van der Waals surface area contributed by atoms with Crippen molar-refractivity contribution in [1.29, 1.82) is 0 Å². The van der Waals surface area contributed by atoms with Crippen LogP contribution in [0.5, 0.6) is 0 Å². The molecule has 1 heteroatoms. The summed E-state index contributed by atoms with van der Waals surface area (Å²) in [5, 5.41) is 0. The molecule has 2 N–H and O–H groups in total. The van der Waals surface area contributed by atoms with E-state index in [1.54, 1.807) is 0 Å². The molecule has 25 heavy (non-hydrogen) atoms. The van der Waals surface area contributed by atoms with Crippen molar-refractivity contribution in [3.05, 3.63) is 108 Å². The lowest BCUT2D eigenvalue weighted by Crippen LogP contribution is -1.98. The van der Waals surface area contributed by atoms with E-state index in [1.807, 2.05) is 12.1 Å². The van der Waals surface area contributed by atoms with Gasteiger partial charge in [-0.3, -0.25) is 0 Å². The SMILES string of the molecule is NC1=C(Cc2cccc(-c3ccc(-c4ccccc4)cc3)c2)CC=C1. The van der Waals surface area contributed by atoms with E-state index >= 15 is 0 Å². The van der Waals surface area contributed by atoms with Crippen LogP contribution in [-0.2, 0) is 6.42 Å². The molecule has 0 radical (unpaired) electrons. The van der Waals surface area contributed by atoms with Crippen LogP contribution in [0.15, 0.2) is 102 Å². The minimum atomic E-state index is 0.925. The van der Waals surface area contributed by atoms with E-state index in [0.29, 0.717) is 0 Å². The standard InChI is InChI=1S/C24H21N/c25-24-11-5-10-23(24)17-18-6-4-9-22(16-18)21-14-12-20(13-15-21)19-7-2-1-3-8-19/h1-9,11-16H,10,17,25H2. The van der Waals surface area contributed by atoms with Crippen LogP contribution in [0.2, 0.25) is 0 Å². The lowest BCUT2D eigenvalue weighted by Gasteiger charge is -2.09. The second-order valence-electron chi connectivity index (χ2n) is 6.49. The maximum atomic E-state index is 6.04. The summed E-state index contributed by atoms with van der Waals surface area (Å²) in [6, 6.07) is 28.0. The number of rotatable bonds is 4. The van der Waals surface area contributed by atoms with Crippen molar-refractivity contribution in [2.24, 2.45) is 5.73 Å². The first-order valence-electron chi connectivity index (χ1n) is 8.68. The van der Waals surface area contributed by atoms with Gasteiger partial charge in [-0.05, 0) is 52.3 Å². The fraction of sp³-hybridized carbons (Fsp3) is 0.0833. The Morgan fingerprint density at radius 1 is 0.680 bits per heavy atom. The maximum Gasteiger partial charge on any atom is 0.0309 e. The Labute approximate surface area is 149 Å². The van der Waals surface area contributed by atoms with E-state index in [2.05, 4.69) is 78.9 Å². The third-order valence-electron chi connectivity index (χ3n) is 4.74. The molecule has 4 rings (SSSR count). The Morgan fingerprint density at radius 3 is 2.00 bits per heavy atom. The summed E-state index contributed by atoms with van der Waals surface area (Å²) in [5.74, 6) is 0. The Morgan fingerprint density at radius 2 is 1.32 bits per heavy atom. The van der Waals surface area contributed by atoms with E-state index in [9.17, 15) is 0 Å². The van der Waals surface area contributed by atoms with Gasteiger partial charge in [-0.2, -0.15) is 0 Å². The molecule has 0 saturated carbocycles. The van der Waals surface area contributed by atoms with Crippen LogP contribution in [0.4, 0.5) is 0 Å². The molecule has 0 heterocycles. The zero-order chi connectivity index (χ0) is 17.1. The fourth-order valence-corrected chi connectivity index (χ4v) is 3.33. The van der Waals surface area contributed by atoms with Crippen molar-refractivity contribution < 1.29 is 0 Å². The number of nitrogens with two attached hydrogens (primary N) is 1. The number of benzene rings is 3. The molecule has 0 spiro atoms. The van der Waals surface area contributed by atoms with Crippen LogP contribution in [-0.4, -0.2) is 0 Å². The van der Waals surface area contributed by atoms with Crippen LogP contribution in [0.1, 0.15) is 12.0 Å². The summed E-state index contributed by atoms with van der Waals surface area (Å²) in [6.07, 6.45) is 6.05. The lowest BCUT2D eigenvalue weighted by molar-refractivity contribution is 1.06. The van der Waals surface area contributed by atoms with E-state index in [-0.39, 0.29) is 0 Å². The normalized spacial score (nSPS) is 13.4. The summed E-state index contributed by atoms with van der Waals surface area (Å²) in [7, 11) is 0. The average Bonchev–Trinajstić information content (AvgIpc) is 3.07. The lowest BCUT2D eigenvalue weighted by atomic mass is 9.97. The Balaban J connectivity index is 1.58. The topological polar surface area (TPSA) is 26.0 Å². The number of hydrogen-bond acceptors (Lipinski definition) is 1. The van der Waals surface area contributed by atoms with Gasteiger partial charge in [0.2, 0.25) is 0 Å². The van der Waals surface area contributed by atoms with Crippen LogP contribution >= 0.6 is 0 Å². The second-order valence-corrected chi connectivity index (χ2v) is 6.49. The molecule has 1 aliphatic carbocycles. The molecular formula is C24H21N. The molecule has 0 aliphatic heterocycles. The first-order chi connectivity index (χ1) is 12.3. The van der Waals surface area contributed by atoms with Crippen molar-refractivity contribution in [2.45, 2.75) is 12.8 Å². The van der Waals surface area contributed by atoms with Gasteiger partial charge < -0.3 is 5.73 Å². The number of hydrogen-bond donors (Lipinski definition) is 1. The molecule has 3 aromatic carbocycles. The average molecular weight is 323 g/mol. The highest BCUT2D eigenvalue weighted by Gasteiger charge is 2.08. The molecule has 1 nitrogen and oxygen atoms in total. The molecule has 0 fully saturated rings. The number of allylic oxidation sites excluding steroid dienone is 3. The predicted octanol–water partition coefficient (Wildman–Crippen LogP) is 5.74. The highest BCUT2D eigenvalue weighted by atomic mass is 14.6. The summed E-state index contributed by atoms with van der Waals surface area (Å²) in [6.45, 7) is 0. The fourth-order valence-electron chi connectivity index (χ4n) is 3.33. The minimum Gasteiger partial charge on any atom is -0.399 e. The van der Waals surface area contributed by atoms with Gasteiger partial charge in [-0.1, -0.05) is 84.9 Å². The second kappa shape index (κ2) is 6.82. The van der Waals surface area contributed by atoms with E-state index in [1.165, 1.54) is 33.4 Å². The Kier molecular flexibility index (Phi) is 4.22. The molecule has 122 valence electrons. The smallest absolute Gasteiger partial charge is 0.0309 e. The van der Waals surface area contributed by atoms with Crippen LogP contribution in [0.3, 0.4) is 0 Å². The van der Waals surface area contributed by atoms with Crippen molar-refractivity contribution in [3.8, 4) is 22.3 Å². The highest BCUT2D eigenvalue weighted by Crippen LogP contribution is 2.27. The summed E-state index contributed by atoms with van der Waals surface area (Å²) in [4.78, 5) is 0. The minimum absolute atomic E-state index is 0.925. The molecule has 0 unspecified atom stereocenters. The van der Waals surface area contributed by atoms with Crippen LogP contribution in [0.25, 0.3) is 22.3 Å². The van der Waals surface area contributed by atoms with Crippen molar-refractivity contribution in [3.63, 3.8) is 0 Å². The van der Waals surface area contributed by atoms with Gasteiger partial charge in [0.25, 0.3) is 0 Å².